The Morgan fingerprint density at radius 2 is 2.38 bits per heavy atom. The first kappa shape index (κ1) is 15.3. The van der Waals surface area contributed by atoms with Gasteiger partial charge in [-0.15, -0.1) is 0 Å². The molecule has 3 aromatic rings. The minimum Gasteiger partial charge on any atom is -0.377 e. The van der Waals surface area contributed by atoms with Crippen molar-refractivity contribution in [2.24, 2.45) is 7.05 Å². The Labute approximate surface area is 143 Å². The molecule has 8 nitrogen and oxygen atoms in total. The molecule has 24 heavy (non-hydrogen) atoms. The SMILES string of the molecule is Cn1nc(-c2ccn[nH]2)c2[nH]c(N3CCOC[C@H]3CS)cc(=O)c21. The smallest absolute Gasteiger partial charge is 0.209 e. The van der Waals surface area contributed by atoms with E-state index in [1.54, 1.807) is 24.0 Å². The van der Waals surface area contributed by atoms with Crippen LogP contribution in [0.15, 0.2) is 23.1 Å². The van der Waals surface area contributed by atoms with E-state index in [9.17, 15) is 4.79 Å². The number of H-pyrrole nitrogens is 2. The molecule has 0 radical (unpaired) electrons. The van der Waals surface area contributed by atoms with E-state index in [1.165, 1.54) is 0 Å². The highest BCUT2D eigenvalue weighted by Crippen LogP contribution is 2.26. The Morgan fingerprint density at radius 3 is 3.12 bits per heavy atom. The van der Waals surface area contributed by atoms with Crippen molar-refractivity contribution in [3.63, 3.8) is 0 Å². The molecule has 0 bridgehead atoms. The molecule has 0 aromatic carbocycles. The molecule has 1 aliphatic rings. The number of thiol groups is 1. The number of ether oxygens (including phenoxy) is 1. The quantitative estimate of drug-likeness (QED) is 0.610. The standard InChI is InChI=1S/C15H18N6O2S/c1-20-15-11(22)6-12(21-4-5-23-7-9(21)8-24)17-14(15)13(19-20)10-2-3-16-18-10/h2-3,6,9,24H,4-5,7-8H2,1H3,(H,16,18)(H,17,22)/t9-/m0/s1. The van der Waals surface area contributed by atoms with E-state index in [2.05, 4.69) is 37.8 Å². The third-order valence-electron chi connectivity index (χ3n) is 4.31. The topological polar surface area (TPSA) is 91.8 Å². The summed E-state index contributed by atoms with van der Waals surface area (Å²) >= 11 is 4.40. The molecule has 1 aliphatic heterocycles. The number of morpholine rings is 1. The number of nitrogens with one attached hydrogen (secondary N) is 2. The van der Waals surface area contributed by atoms with Crippen molar-refractivity contribution in [3.05, 3.63) is 28.6 Å². The zero-order valence-electron chi connectivity index (χ0n) is 13.2. The molecular formula is C15H18N6O2S. The van der Waals surface area contributed by atoms with Gasteiger partial charge < -0.3 is 14.6 Å². The van der Waals surface area contributed by atoms with E-state index in [0.29, 0.717) is 42.2 Å². The number of hydrogen-bond acceptors (Lipinski definition) is 6. The second-order valence-electron chi connectivity index (χ2n) is 5.79. The number of aromatic nitrogens is 5. The Morgan fingerprint density at radius 1 is 1.50 bits per heavy atom. The van der Waals surface area contributed by atoms with Gasteiger partial charge in [0.1, 0.15) is 17.0 Å². The van der Waals surface area contributed by atoms with Gasteiger partial charge in [-0.05, 0) is 6.07 Å². The van der Waals surface area contributed by atoms with Crippen molar-refractivity contribution in [3.8, 4) is 11.4 Å². The number of nitrogens with zero attached hydrogens (tertiary/aromatic N) is 4. The molecule has 0 aliphatic carbocycles. The van der Waals surface area contributed by atoms with Crippen LogP contribution in [0.4, 0.5) is 5.82 Å². The lowest BCUT2D eigenvalue weighted by atomic mass is 10.2. The second kappa shape index (κ2) is 5.99. The fraction of sp³-hybridized carbons (Fsp3) is 0.400. The Bertz CT molecular complexity index is 916. The van der Waals surface area contributed by atoms with Crippen molar-refractivity contribution in [2.75, 3.05) is 30.4 Å². The highest BCUT2D eigenvalue weighted by atomic mass is 32.1. The third-order valence-corrected chi connectivity index (χ3v) is 4.73. The zero-order valence-corrected chi connectivity index (χ0v) is 14.1. The average molecular weight is 346 g/mol. The summed E-state index contributed by atoms with van der Waals surface area (Å²) < 4.78 is 7.12. The molecule has 2 N–H and O–H groups in total. The number of fused-ring (bicyclic) bond motifs is 1. The molecular weight excluding hydrogens is 328 g/mol. The van der Waals surface area contributed by atoms with Crippen molar-refractivity contribution < 1.29 is 4.74 Å². The summed E-state index contributed by atoms with van der Waals surface area (Å²) in [7, 11) is 1.77. The van der Waals surface area contributed by atoms with Crippen molar-refractivity contribution in [2.45, 2.75) is 6.04 Å². The number of rotatable bonds is 3. The van der Waals surface area contributed by atoms with Crippen molar-refractivity contribution >= 4 is 29.5 Å². The maximum absolute atomic E-state index is 12.7. The van der Waals surface area contributed by atoms with Crippen LogP contribution < -0.4 is 10.3 Å². The second-order valence-corrected chi connectivity index (χ2v) is 6.15. The van der Waals surface area contributed by atoms with Crippen LogP contribution in [0.2, 0.25) is 0 Å². The summed E-state index contributed by atoms with van der Waals surface area (Å²) in [6.07, 6.45) is 1.66. The molecule has 1 atom stereocenters. The van der Waals surface area contributed by atoms with Crippen LogP contribution in [0.1, 0.15) is 0 Å². The third kappa shape index (κ3) is 2.40. The van der Waals surface area contributed by atoms with Crippen LogP contribution in [0, 0.1) is 0 Å². The Hall–Kier alpha value is -2.26. The molecule has 0 saturated carbocycles. The van der Waals surface area contributed by atoms with E-state index in [1.807, 2.05) is 6.07 Å². The van der Waals surface area contributed by atoms with Crippen LogP contribution in [-0.4, -0.2) is 56.5 Å². The molecule has 0 spiro atoms. The van der Waals surface area contributed by atoms with Crippen LogP contribution in [0.3, 0.4) is 0 Å². The summed E-state index contributed by atoms with van der Waals surface area (Å²) in [6.45, 7) is 1.95. The lowest BCUT2D eigenvalue weighted by Crippen LogP contribution is -2.47. The predicted molar refractivity (Wildman–Crippen MR) is 94.7 cm³/mol. The monoisotopic (exact) mass is 346 g/mol. The van der Waals surface area contributed by atoms with Gasteiger partial charge in [-0.25, -0.2) is 0 Å². The van der Waals surface area contributed by atoms with Gasteiger partial charge in [0.05, 0.1) is 30.5 Å². The van der Waals surface area contributed by atoms with Crippen LogP contribution in [0.25, 0.3) is 22.4 Å². The van der Waals surface area contributed by atoms with Crippen molar-refractivity contribution in [1.82, 2.24) is 25.0 Å². The van der Waals surface area contributed by atoms with E-state index in [4.69, 9.17) is 4.74 Å². The van der Waals surface area contributed by atoms with Crippen molar-refractivity contribution in [1.29, 1.82) is 0 Å². The molecule has 9 heteroatoms. The first-order chi connectivity index (χ1) is 11.7. The largest absolute Gasteiger partial charge is 0.377 e. The summed E-state index contributed by atoms with van der Waals surface area (Å²) in [6, 6.07) is 3.59. The fourth-order valence-corrected chi connectivity index (χ4v) is 3.44. The van der Waals surface area contributed by atoms with E-state index < -0.39 is 0 Å². The van der Waals surface area contributed by atoms with E-state index in [0.717, 1.165) is 11.5 Å². The lowest BCUT2D eigenvalue weighted by molar-refractivity contribution is 0.0998. The molecule has 4 rings (SSSR count). The molecule has 3 aromatic heterocycles. The van der Waals surface area contributed by atoms with Gasteiger partial charge in [0, 0.05) is 31.6 Å². The first-order valence-corrected chi connectivity index (χ1v) is 8.37. The average Bonchev–Trinajstić information content (AvgIpc) is 3.23. The van der Waals surface area contributed by atoms with Crippen LogP contribution in [-0.2, 0) is 11.8 Å². The van der Waals surface area contributed by atoms with Gasteiger partial charge >= 0.3 is 0 Å². The minimum absolute atomic E-state index is 0.0658. The van der Waals surface area contributed by atoms with Gasteiger partial charge in [-0.2, -0.15) is 22.8 Å². The van der Waals surface area contributed by atoms with Crippen LogP contribution in [0.5, 0.6) is 0 Å². The Balaban J connectivity index is 1.90. The lowest BCUT2D eigenvalue weighted by Gasteiger charge is -2.36. The molecule has 0 amide bonds. The molecule has 126 valence electrons. The number of aromatic amines is 2. The van der Waals surface area contributed by atoms with Gasteiger partial charge in [0.2, 0.25) is 5.43 Å². The highest BCUT2D eigenvalue weighted by Gasteiger charge is 2.24. The fourth-order valence-electron chi connectivity index (χ4n) is 3.14. The van der Waals surface area contributed by atoms with Gasteiger partial charge in [-0.1, -0.05) is 0 Å². The number of hydrogen-bond donors (Lipinski definition) is 3. The van der Waals surface area contributed by atoms with Gasteiger partial charge in [-0.3, -0.25) is 14.6 Å². The van der Waals surface area contributed by atoms with E-state index >= 15 is 0 Å². The summed E-state index contributed by atoms with van der Waals surface area (Å²) in [5.74, 6) is 1.42. The molecule has 4 heterocycles. The number of aryl methyl sites for hydroxylation is 1. The molecule has 1 saturated heterocycles. The zero-order chi connectivity index (χ0) is 16.7. The molecule has 0 unspecified atom stereocenters. The Kier molecular flexibility index (Phi) is 3.81. The van der Waals surface area contributed by atoms with Crippen LogP contribution >= 0.6 is 12.6 Å². The first-order valence-electron chi connectivity index (χ1n) is 7.74. The maximum atomic E-state index is 12.7. The summed E-state index contributed by atoms with van der Waals surface area (Å²) in [4.78, 5) is 18.2. The molecule has 1 fully saturated rings. The normalized spacial score (nSPS) is 18.4. The van der Waals surface area contributed by atoms with Gasteiger partial charge in [0.25, 0.3) is 0 Å². The van der Waals surface area contributed by atoms with Gasteiger partial charge in [0.15, 0.2) is 0 Å². The predicted octanol–water partition coefficient (Wildman–Crippen LogP) is 0.787. The minimum atomic E-state index is -0.0658. The maximum Gasteiger partial charge on any atom is 0.209 e. The number of anilines is 1. The highest BCUT2D eigenvalue weighted by molar-refractivity contribution is 7.80. The van der Waals surface area contributed by atoms with E-state index in [-0.39, 0.29) is 11.5 Å². The number of pyridine rings is 1. The summed E-state index contributed by atoms with van der Waals surface area (Å²) in [5, 5.41) is 11.3. The summed E-state index contributed by atoms with van der Waals surface area (Å²) in [5.41, 5.74) is 2.62.